The zero-order valence-corrected chi connectivity index (χ0v) is 15.5. The summed E-state index contributed by atoms with van der Waals surface area (Å²) in [5.74, 6) is 0.0740. The number of ether oxygens (including phenoxy) is 1. The maximum absolute atomic E-state index is 12.4. The molecule has 0 spiro atoms. The number of rotatable bonds is 7. The number of nitrogens with zero attached hydrogens (tertiary/aromatic N) is 2. The molecule has 2 rings (SSSR count). The summed E-state index contributed by atoms with van der Waals surface area (Å²) in [4.78, 5) is 28.2. The normalized spacial score (nSPS) is 15.3. The third-order valence-electron chi connectivity index (χ3n) is 3.97. The molecule has 1 aliphatic rings. The molecule has 24 heavy (non-hydrogen) atoms. The van der Waals surface area contributed by atoms with E-state index in [1.54, 1.807) is 7.11 Å². The van der Waals surface area contributed by atoms with Crippen molar-refractivity contribution in [1.29, 1.82) is 0 Å². The van der Waals surface area contributed by atoms with E-state index < -0.39 is 0 Å². The molecule has 0 radical (unpaired) electrons. The molecular weight excluding hydrogens is 374 g/mol. The van der Waals surface area contributed by atoms with E-state index in [0.717, 1.165) is 10.9 Å². The largest absolute Gasteiger partial charge is 0.385 e. The number of piperazine rings is 1. The highest BCUT2D eigenvalue weighted by molar-refractivity contribution is 9.10. The number of nitrogens with one attached hydrogen (secondary N) is 1. The maximum Gasteiger partial charge on any atom is 0.253 e. The average molecular weight is 398 g/mol. The van der Waals surface area contributed by atoms with E-state index >= 15 is 0 Å². The Balaban J connectivity index is 1.72. The SMILES string of the molecule is COCCCNC(=O)CN1CCN(C(=O)c2ccc(Br)cc2)CC1. The zero-order valence-electron chi connectivity index (χ0n) is 14.0. The second-order valence-electron chi connectivity index (χ2n) is 5.77. The van der Waals surface area contributed by atoms with Gasteiger partial charge < -0.3 is 15.0 Å². The Hall–Kier alpha value is -1.44. The minimum absolute atomic E-state index is 0.0267. The molecule has 1 saturated heterocycles. The predicted octanol–water partition coefficient (Wildman–Crippen LogP) is 1.36. The molecule has 132 valence electrons. The van der Waals surface area contributed by atoms with Crippen molar-refractivity contribution in [2.24, 2.45) is 0 Å². The van der Waals surface area contributed by atoms with Crippen LogP contribution in [0.15, 0.2) is 28.7 Å². The van der Waals surface area contributed by atoms with Gasteiger partial charge in [0, 0.05) is 56.5 Å². The molecule has 1 aromatic carbocycles. The lowest BCUT2D eigenvalue weighted by atomic mass is 10.2. The molecule has 0 unspecified atom stereocenters. The third kappa shape index (κ3) is 5.89. The van der Waals surface area contributed by atoms with Crippen LogP contribution in [0.1, 0.15) is 16.8 Å². The molecule has 0 saturated carbocycles. The minimum Gasteiger partial charge on any atom is -0.385 e. The monoisotopic (exact) mass is 397 g/mol. The van der Waals surface area contributed by atoms with E-state index in [1.807, 2.05) is 29.2 Å². The van der Waals surface area contributed by atoms with Crippen LogP contribution in [0.2, 0.25) is 0 Å². The van der Waals surface area contributed by atoms with E-state index in [-0.39, 0.29) is 11.8 Å². The van der Waals surface area contributed by atoms with Crippen molar-refractivity contribution in [2.75, 3.05) is 53.0 Å². The van der Waals surface area contributed by atoms with Gasteiger partial charge in [0.2, 0.25) is 5.91 Å². The number of hydrogen-bond acceptors (Lipinski definition) is 4. The highest BCUT2D eigenvalue weighted by Gasteiger charge is 2.23. The van der Waals surface area contributed by atoms with Gasteiger partial charge in [0.25, 0.3) is 5.91 Å². The van der Waals surface area contributed by atoms with Crippen molar-refractivity contribution >= 4 is 27.7 Å². The first kappa shape index (κ1) is 18.9. The van der Waals surface area contributed by atoms with Crippen LogP contribution in [0, 0.1) is 0 Å². The van der Waals surface area contributed by atoms with Crippen molar-refractivity contribution in [3.8, 4) is 0 Å². The minimum atomic E-state index is 0.0267. The summed E-state index contributed by atoms with van der Waals surface area (Å²) in [5, 5.41) is 2.88. The van der Waals surface area contributed by atoms with Gasteiger partial charge in [-0.3, -0.25) is 14.5 Å². The molecule has 1 aliphatic heterocycles. The van der Waals surface area contributed by atoms with Crippen LogP contribution in [0.3, 0.4) is 0 Å². The zero-order chi connectivity index (χ0) is 17.4. The molecule has 1 fully saturated rings. The molecule has 2 amide bonds. The summed E-state index contributed by atoms with van der Waals surface area (Å²) in [7, 11) is 1.65. The Bertz CT molecular complexity index is 543. The van der Waals surface area contributed by atoms with Gasteiger partial charge in [-0.1, -0.05) is 15.9 Å². The quantitative estimate of drug-likeness (QED) is 0.705. The van der Waals surface area contributed by atoms with Crippen LogP contribution in [0.4, 0.5) is 0 Å². The molecule has 0 atom stereocenters. The van der Waals surface area contributed by atoms with E-state index in [9.17, 15) is 9.59 Å². The lowest BCUT2D eigenvalue weighted by molar-refractivity contribution is -0.122. The summed E-state index contributed by atoms with van der Waals surface area (Å²) in [6, 6.07) is 7.40. The number of hydrogen-bond donors (Lipinski definition) is 1. The summed E-state index contributed by atoms with van der Waals surface area (Å²) >= 11 is 3.37. The van der Waals surface area contributed by atoms with Crippen LogP contribution in [-0.4, -0.2) is 74.6 Å². The molecule has 0 bridgehead atoms. The van der Waals surface area contributed by atoms with Gasteiger partial charge in [-0.05, 0) is 30.7 Å². The highest BCUT2D eigenvalue weighted by atomic mass is 79.9. The highest BCUT2D eigenvalue weighted by Crippen LogP contribution is 2.13. The number of halogens is 1. The first-order valence-electron chi connectivity index (χ1n) is 8.13. The lowest BCUT2D eigenvalue weighted by Gasteiger charge is -2.34. The van der Waals surface area contributed by atoms with Crippen molar-refractivity contribution in [3.63, 3.8) is 0 Å². The van der Waals surface area contributed by atoms with Gasteiger partial charge in [0.15, 0.2) is 0 Å². The Morgan fingerprint density at radius 2 is 1.83 bits per heavy atom. The van der Waals surface area contributed by atoms with E-state index in [4.69, 9.17) is 4.74 Å². The molecule has 0 aliphatic carbocycles. The Kier molecular flexibility index (Phi) is 7.68. The van der Waals surface area contributed by atoms with Crippen LogP contribution in [-0.2, 0) is 9.53 Å². The standard InChI is InChI=1S/C17H24BrN3O3/c1-24-12-2-7-19-16(22)13-20-8-10-21(11-9-20)17(23)14-3-5-15(18)6-4-14/h3-6H,2,7-13H2,1H3,(H,19,22). The number of methoxy groups -OCH3 is 1. The molecule has 7 heteroatoms. The van der Waals surface area contributed by atoms with Gasteiger partial charge in [-0.25, -0.2) is 0 Å². The fourth-order valence-corrected chi connectivity index (χ4v) is 2.85. The second-order valence-corrected chi connectivity index (χ2v) is 6.69. The van der Waals surface area contributed by atoms with Gasteiger partial charge in [-0.15, -0.1) is 0 Å². The van der Waals surface area contributed by atoms with Crippen molar-refractivity contribution in [3.05, 3.63) is 34.3 Å². The fourth-order valence-electron chi connectivity index (χ4n) is 2.59. The summed E-state index contributed by atoms with van der Waals surface area (Å²) in [5.41, 5.74) is 0.697. The molecule has 0 aromatic heterocycles. The molecular formula is C17H24BrN3O3. The van der Waals surface area contributed by atoms with Crippen LogP contribution >= 0.6 is 15.9 Å². The summed E-state index contributed by atoms with van der Waals surface area (Å²) in [6.45, 7) is 4.39. The van der Waals surface area contributed by atoms with E-state index in [0.29, 0.717) is 51.4 Å². The average Bonchev–Trinajstić information content (AvgIpc) is 2.59. The van der Waals surface area contributed by atoms with Gasteiger partial charge >= 0.3 is 0 Å². The molecule has 1 heterocycles. The predicted molar refractivity (Wildman–Crippen MR) is 96.0 cm³/mol. The summed E-state index contributed by atoms with van der Waals surface area (Å²) < 4.78 is 5.91. The van der Waals surface area contributed by atoms with Crippen LogP contribution in [0.5, 0.6) is 0 Å². The molecule has 1 N–H and O–H groups in total. The van der Waals surface area contributed by atoms with Crippen molar-refractivity contribution in [2.45, 2.75) is 6.42 Å². The van der Waals surface area contributed by atoms with Gasteiger partial charge in [0.1, 0.15) is 0 Å². The van der Waals surface area contributed by atoms with Crippen LogP contribution in [0.25, 0.3) is 0 Å². The second kappa shape index (κ2) is 9.76. The fraction of sp³-hybridized carbons (Fsp3) is 0.529. The van der Waals surface area contributed by atoms with E-state index in [1.165, 1.54) is 0 Å². The van der Waals surface area contributed by atoms with Gasteiger partial charge in [0.05, 0.1) is 6.54 Å². The van der Waals surface area contributed by atoms with Crippen molar-refractivity contribution in [1.82, 2.24) is 15.1 Å². The Labute approximate surface area is 151 Å². The number of carbonyl (C=O) groups excluding carboxylic acids is 2. The third-order valence-corrected chi connectivity index (χ3v) is 4.49. The lowest BCUT2D eigenvalue weighted by Crippen LogP contribution is -2.51. The number of carbonyl (C=O) groups is 2. The smallest absolute Gasteiger partial charge is 0.253 e. The van der Waals surface area contributed by atoms with Crippen molar-refractivity contribution < 1.29 is 14.3 Å². The maximum atomic E-state index is 12.4. The van der Waals surface area contributed by atoms with Gasteiger partial charge in [-0.2, -0.15) is 0 Å². The topological polar surface area (TPSA) is 61.9 Å². The van der Waals surface area contributed by atoms with Crippen LogP contribution < -0.4 is 5.32 Å². The Morgan fingerprint density at radius 3 is 2.46 bits per heavy atom. The number of amides is 2. The van der Waals surface area contributed by atoms with E-state index in [2.05, 4.69) is 26.1 Å². The molecule has 6 nitrogen and oxygen atoms in total. The molecule has 1 aromatic rings. The summed E-state index contributed by atoms with van der Waals surface area (Å²) in [6.07, 6.45) is 0.817. The Morgan fingerprint density at radius 1 is 1.17 bits per heavy atom. The first-order chi connectivity index (χ1) is 11.6. The number of benzene rings is 1. The first-order valence-corrected chi connectivity index (χ1v) is 8.92.